The first-order valence-electron chi connectivity index (χ1n) is 8.20. The zero-order chi connectivity index (χ0) is 18.3. The predicted octanol–water partition coefficient (Wildman–Crippen LogP) is 5.48. The highest BCUT2D eigenvalue weighted by Gasteiger charge is 2.22. The van der Waals surface area contributed by atoms with Gasteiger partial charge in [0.1, 0.15) is 10.7 Å². The van der Waals surface area contributed by atoms with E-state index in [4.69, 9.17) is 27.3 Å². The van der Waals surface area contributed by atoms with E-state index in [1.165, 1.54) is 0 Å². The van der Waals surface area contributed by atoms with Crippen LogP contribution in [0.5, 0.6) is 0 Å². The van der Waals surface area contributed by atoms with Crippen molar-refractivity contribution < 1.29 is 0 Å². The summed E-state index contributed by atoms with van der Waals surface area (Å²) in [6.07, 6.45) is 2.82. The number of imidazole rings is 1. The Morgan fingerprint density at radius 1 is 1.19 bits per heavy atom. The number of benzene rings is 1. The van der Waals surface area contributed by atoms with Crippen molar-refractivity contribution in [1.82, 2.24) is 14.4 Å². The van der Waals surface area contributed by atoms with Crippen LogP contribution >= 0.6 is 38.9 Å². The number of rotatable bonds is 4. The average molecular weight is 448 g/mol. The minimum atomic E-state index is -0.333. The van der Waals surface area contributed by atoms with Gasteiger partial charge in [-0.05, 0) is 46.6 Å². The second kappa shape index (κ2) is 7.12. The first-order valence-corrected chi connectivity index (χ1v) is 10.2. The zero-order valence-corrected chi connectivity index (χ0v) is 17.1. The summed E-state index contributed by atoms with van der Waals surface area (Å²) in [6.45, 7) is 2.09. The first kappa shape index (κ1) is 17.7. The van der Waals surface area contributed by atoms with Gasteiger partial charge in [-0.15, -0.1) is 11.3 Å². The molecule has 0 aliphatic heterocycles. The predicted molar refractivity (Wildman–Crippen MR) is 111 cm³/mol. The van der Waals surface area contributed by atoms with Crippen molar-refractivity contribution in [1.29, 1.82) is 0 Å². The second-order valence-electron chi connectivity index (χ2n) is 5.93. The van der Waals surface area contributed by atoms with Crippen LogP contribution in [0.2, 0.25) is 5.02 Å². The molecule has 0 fully saturated rings. The van der Waals surface area contributed by atoms with E-state index in [0.29, 0.717) is 5.02 Å². The van der Waals surface area contributed by atoms with Crippen molar-refractivity contribution in [2.75, 3.05) is 0 Å². The van der Waals surface area contributed by atoms with Crippen LogP contribution in [0.4, 0.5) is 0 Å². The van der Waals surface area contributed by atoms with Gasteiger partial charge >= 0.3 is 0 Å². The SMILES string of the molecule is CCc1nc2ccc(Br)cn2c1C(N)c1nc(-c2ccc(Cl)cc2)cs1. The maximum atomic E-state index is 6.62. The Morgan fingerprint density at radius 3 is 2.69 bits per heavy atom. The minimum absolute atomic E-state index is 0.333. The third-order valence-electron chi connectivity index (χ3n) is 4.25. The molecule has 132 valence electrons. The number of hydrogen-bond donors (Lipinski definition) is 1. The molecule has 0 aliphatic rings. The molecule has 0 aliphatic carbocycles. The topological polar surface area (TPSA) is 56.2 Å². The summed E-state index contributed by atoms with van der Waals surface area (Å²) < 4.78 is 3.04. The molecule has 3 aromatic heterocycles. The molecule has 0 bridgehead atoms. The summed E-state index contributed by atoms with van der Waals surface area (Å²) >= 11 is 11.1. The third-order valence-corrected chi connectivity index (χ3v) is 5.90. The monoisotopic (exact) mass is 446 g/mol. The van der Waals surface area contributed by atoms with Crippen LogP contribution in [0.25, 0.3) is 16.9 Å². The van der Waals surface area contributed by atoms with Gasteiger partial charge in [-0.3, -0.25) is 0 Å². The summed E-state index contributed by atoms with van der Waals surface area (Å²) in [5.41, 5.74) is 11.4. The van der Waals surface area contributed by atoms with Gasteiger partial charge in [0.25, 0.3) is 0 Å². The molecular weight excluding hydrogens is 432 g/mol. The highest BCUT2D eigenvalue weighted by atomic mass is 79.9. The van der Waals surface area contributed by atoms with Gasteiger partial charge in [0.05, 0.1) is 23.1 Å². The molecule has 0 radical (unpaired) electrons. The van der Waals surface area contributed by atoms with Crippen LogP contribution in [-0.2, 0) is 6.42 Å². The fourth-order valence-electron chi connectivity index (χ4n) is 2.98. The molecule has 3 heterocycles. The van der Waals surface area contributed by atoms with Crippen molar-refractivity contribution in [2.45, 2.75) is 19.4 Å². The standard InChI is InChI=1S/C19H16BrClN4S/c1-2-14-18(25-9-12(20)5-8-16(25)23-14)17(22)19-24-15(10-26-19)11-3-6-13(21)7-4-11/h3-10,17H,2,22H2,1H3. The van der Waals surface area contributed by atoms with E-state index in [2.05, 4.69) is 27.3 Å². The third kappa shape index (κ3) is 3.18. The van der Waals surface area contributed by atoms with Crippen LogP contribution < -0.4 is 5.73 Å². The Kier molecular flexibility index (Phi) is 4.84. The first-order chi connectivity index (χ1) is 12.6. The minimum Gasteiger partial charge on any atom is -0.317 e. The molecule has 0 amide bonds. The molecule has 0 spiro atoms. The lowest BCUT2D eigenvalue weighted by molar-refractivity contribution is 0.786. The van der Waals surface area contributed by atoms with Crippen molar-refractivity contribution in [2.24, 2.45) is 5.73 Å². The molecule has 2 N–H and O–H groups in total. The largest absolute Gasteiger partial charge is 0.317 e. The summed E-state index contributed by atoms with van der Waals surface area (Å²) in [5, 5.41) is 3.61. The Labute approximate surface area is 168 Å². The van der Waals surface area contributed by atoms with Crippen LogP contribution in [0, 0.1) is 0 Å². The Morgan fingerprint density at radius 2 is 1.96 bits per heavy atom. The van der Waals surface area contributed by atoms with Gasteiger partial charge in [-0.25, -0.2) is 9.97 Å². The van der Waals surface area contributed by atoms with Crippen LogP contribution in [0.3, 0.4) is 0 Å². The normalized spacial score (nSPS) is 12.6. The molecule has 1 aromatic carbocycles. The number of hydrogen-bond acceptors (Lipinski definition) is 4. The Hall–Kier alpha value is -1.73. The number of aryl methyl sites for hydroxylation is 1. The fraction of sp³-hybridized carbons (Fsp3) is 0.158. The molecule has 4 aromatic rings. The number of nitrogens with two attached hydrogens (primary N) is 1. The van der Waals surface area contributed by atoms with Gasteiger partial charge in [-0.2, -0.15) is 0 Å². The lowest BCUT2D eigenvalue weighted by Crippen LogP contribution is -2.16. The quantitative estimate of drug-likeness (QED) is 0.450. The van der Waals surface area contributed by atoms with Gasteiger partial charge < -0.3 is 10.1 Å². The van der Waals surface area contributed by atoms with Gasteiger partial charge in [0.2, 0.25) is 0 Å². The zero-order valence-electron chi connectivity index (χ0n) is 14.0. The fourth-order valence-corrected chi connectivity index (χ4v) is 4.27. The molecule has 0 saturated carbocycles. The van der Waals surface area contributed by atoms with E-state index in [-0.39, 0.29) is 6.04 Å². The Bertz CT molecular complexity index is 1070. The van der Waals surface area contributed by atoms with Crippen molar-refractivity contribution in [3.63, 3.8) is 0 Å². The van der Waals surface area contributed by atoms with E-state index in [1.54, 1.807) is 11.3 Å². The number of aromatic nitrogens is 3. The number of halogens is 2. The highest BCUT2D eigenvalue weighted by molar-refractivity contribution is 9.10. The van der Waals surface area contributed by atoms with Gasteiger partial charge in [-0.1, -0.05) is 30.7 Å². The molecule has 4 nitrogen and oxygen atoms in total. The van der Waals surface area contributed by atoms with E-state index < -0.39 is 0 Å². The van der Waals surface area contributed by atoms with Crippen LogP contribution in [0.1, 0.15) is 29.4 Å². The molecule has 26 heavy (non-hydrogen) atoms. The molecule has 1 unspecified atom stereocenters. The molecule has 0 saturated heterocycles. The van der Waals surface area contributed by atoms with Crippen molar-refractivity contribution in [3.05, 3.63) is 73.9 Å². The molecular formula is C19H16BrClN4S. The lowest BCUT2D eigenvalue weighted by Gasteiger charge is -2.11. The van der Waals surface area contributed by atoms with Gasteiger partial charge in [0.15, 0.2) is 0 Å². The highest BCUT2D eigenvalue weighted by Crippen LogP contribution is 2.31. The lowest BCUT2D eigenvalue weighted by atomic mass is 10.1. The number of nitrogens with zero attached hydrogens (tertiary/aromatic N) is 3. The maximum absolute atomic E-state index is 6.62. The van der Waals surface area contributed by atoms with Crippen LogP contribution in [-0.4, -0.2) is 14.4 Å². The second-order valence-corrected chi connectivity index (χ2v) is 8.17. The summed E-state index contributed by atoms with van der Waals surface area (Å²) in [5.74, 6) is 0. The summed E-state index contributed by atoms with van der Waals surface area (Å²) in [6, 6.07) is 11.3. The van der Waals surface area contributed by atoms with Crippen LogP contribution in [0.15, 0.2) is 52.4 Å². The molecule has 7 heteroatoms. The number of fused-ring (bicyclic) bond motifs is 1. The number of pyridine rings is 1. The molecule has 1 atom stereocenters. The van der Waals surface area contributed by atoms with Crippen molar-refractivity contribution in [3.8, 4) is 11.3 Å². The summed E-state index contributed by atoms with van der Waals surface area (Å²) in [7, 11) is 0. The van der Waals surface area contributed by atoms with E-state index in [9.17, 15) is 0 Å². The van der Waals surface area contributed by atoms with E-state index in [0.717, 1.165) is 44.2 Å². The maximum Gasteiger partial charge on any atom is 0.137 e. The Balaban J connectivity index is 1.76. The van der Waals surface area contributed by atoms with Gasteiger partial charge in [0, 0.05) is 26.6 Å². The number of thiazole rings is 1. The van der Waals surface area contributed by atoms with Crippen molar-refractivity contribution >= 4 is 44.5 Å². The summed E-state index contributed by atoms with van der Waals surface area (Å²) in [4.78, 5) is 9.49. The smallest absolute Gasteiger partial charge is 0.137 e. The average Bonchev–Trinajstić information content (AvgIpc) is 3.26. The van der Waals surface area contributed by atoms with E-state index in [1.807, 2.05) is 48.0 Å². The molecule has 4 rings (SSSR count). The van der Waals surface area contributed by atoms with E-state index >= 15 is 0 Å².